The number of rotatable bonds is 4. The van der Waals surface area contributed by atoms with Gasteiger partial charge in [0.25, 0.3) is 0 Å². The van der Waals surface area contributed by atoms with Gasteiger partial charge < -0.3 is 9.30 Å². The summed E-state index contributed by atoms with van der Waals surface area (Å²) >= 11 is 8.09. The average molecular weight is 312 g/mol. The molecule has 108 valence electrons. The van der Waals surface area contributed by atoms with E-state index < -0.39 is 0 Å². The van der Waals surface area contributed by atoms with Gasteiger partial charge in [0.1, 0.15) is 11.3 Å². The highest BCUT2D eigenvalue weighted by Gasteiger charge is 2.31. The van der Waals surface area contributed by atoms with Crippen molar-refractivity contribution in [3.05, 3.63) is 18.0 Å². The van der Waals surface area contributed by atoms with Crippen LogP contribution in [0, 0.1) is 0 Å². The van der Waals surface area contributed by atoms with Crippen LogP contribution in [-0.2, 0) is 12.4 Å². The lowest BCUT2D eigenvalue weighted by molar-refractivity contribution is 0.398. The average Bonchev–Trinajstić information content (AvgIpc) is 3.03. The van der Waals surface area contributed by atoms with Gasteiger partial charge in [0.05, 0.1) is 13.0 Å². The Kier molecular flexibility index (Phi) is 3.82. The third-order valence-electron chi connectivity index (χ3n) is 3.77. The van der Waals surface area contributed by atoms with Crippen molar-refractivity contribution in [3.63, 3.8) is 0 Å². The molecule has 3 heterocycles. The first-order valence-electron chi connectivity index (χ1n) is 6.75. The van der Waals surface area contributed by atoms with E-state index in [1.54, 1.807) is 7.11 Å². The summed E-state index contributed by atoms with van der Waals surface area (Å²) in [4.78, 5) is 9.13. The molecule has 1 saturated heterocycles. The number of thioether (sulfide) groups is 1. The molecule has 20 heavy (non-hydrogen) atoms. The molecular formula is C14H18ClN3OS. The fourth-order valence-electron chi connectivity index (χ4n) is 2.71. The van der Waals surface area contributed by atoms with Crippen LogP contribution in [0.4, 0.5) is 0 Å². The number of hydrogen-bond acceptors (Lipinski definition) is 4. The number of fused-ring (bicyclic) bond motifs is 1. The highest BCUT2D eigenvalue weighted by Crippen LogP contribution is 2.40. The molecule has 1 aliphatic rings. The SMILES string of the molecule is COc1ccc2nc(CCl)n(CC3(C)CCCS3)c2n1. The minimum Gasteiger partial charge on any atom is -0.481 e. The quantitative estimate of drug-likeness (QED) is 0.811. The van der Waals surface area contributed by atoms with E-state index in [2.05, 4.69) is 21.5 Å². The number of aromatic nitrogens is 3. The molecule has 0 amide bonds. The zero-order chi connectivity index (χ0) is 14.2. The smallest absolute Gasteiger partial charge is 0.215 e. The largest absolute Gasteiger partial charge is 0.481 e. The molecule has 1 aliphatic heterocycles. The van der Waals surface area contributed by atoms with Gasteiger partial charge in [-0.2, -0.15) is 16.7 Å². The van der Waals surface area contributed by atoms with Crippen LogP contribution in [0.1, 0.15) is 25.6 Å². The maximum atomic E-state index is 6.06. The Hall–Kier alpha value is -0.940. The summed E-state index contributed by atoms with van der Waals surface area (Å²) in [5.74, 6) is 3.13. The minimum absolute atomic E-state index is 0.249. The molecule has 3 rings (SSSR count). The predicted molar refractivity (Wildman–Crippen MR) is 83.7 cm³/mol. The summed E-state index contributed by atoms with van der Waals surface area (Å²) in [6, 6.07) is 3.78. The number of nitrogens with zero attached hydrogens (tertiary/aromatic N) is 3. The molecule has 0 radical (unpaired) electrons. The Morgan fingerprint density at radius 1 is 1.45 bits per heavy atom. The van der Waals surface area contributed by atoms with Crippen LogP contribution in [0.15, 0.2) is 12.1 Å². The lowest BCUT2D eigenvalue weighted by Crippen LogP contribution is -2.25. The van der Waals surface area contributed by atoms with Gasteiger partial charge in [0.2, 0.25) is 5.88 Å². The Bertz CT molecular complexity index is 622. The van der Waals surface area contributed by atoms with Crippen molar-refractivity contribution in [2.24, 2.45) is 0 Å². The third-order valence-corrected chi connectivity index (χ3v) is 5.53. The molecule has 1 unspecified atom stereocenters. The molecule has 1 fully saturated rings. The van der Waals surface area contributed by atoms with Crippen molar-refractivity contribution < 1.29 is 4.74 Å². The predicted octanol–water partition coefficient (Wildman–Crippen LogP) is 3.46. The summed E-state index contributed by atoms with van der Waals surface area (Å²) < 4.78 is 7.63. The summed E-state index contributed by atoms with van der Waals surface area (Å²) in [6.07, 6.45) is 2.50. The Balaban J connectivity index is 2.06. The summed E-state index contributed by atoms with van der Waals surface area (Å²) in [7, 11) is 1.63. The molecule has 6 heteroatoms. The first-order valence-corrected chi connectivity index (χ1v) is 8.27. The second-order valence-corrected chi connectivity index (χ2v) is 7.30. The maximum absolute atomic E-state index is 6.06. The van der Waals surface area contributed by atoms with Crippen LogP contribution in [0.25, 0.3) is 11.2 Å². The van der Waals surface area contributed by atoms with E-state index in [1.165, 1.54) is 18.6 Å². The van der Waals surface area contributed by atoms with E-state index in [4.69, 9.17) is 16.3 Å². The van der Waals surface area contributed by atoms with Crippen molar-refractivity contribution in [1.29, 1.82) is 0 Å². The molecular weight excluding hydrogens is 294 g/mol. The second kappa shape index (κ2) is 5.45. The monoisotopic (exact) mass is 311 g/mol. The van der Waals surface area contributed by atoms with Gasteiger partial charge in [-0.1, -0.05) is 0 Å². The molecule has 0 spiro atoms. The van der Waals surface area contributed by atoms with Crippen molar-refractivity contribution in [2.75, 3.05) is 12.9 Å². The maximum Gasteiger partial charge on any atom is 0.215 e. The van der Waals surface area contributed by atoms with E-state index in [0.717, 1.165) is 23.5 Å². The number of alkyl halides is 1. The fourth-order valence-corrected chi connectivity index (χ4v) is 4.20. The number of pyridine rings is 1. The van der Waals surface area contributed by atoms with E-state index in [1.807, 2.05) is 23.9 Å². The number of imidazole rings is 1. The molecule has 0 bridgehead atoms. The van der Waals surface area contributed by atoms with Crippen LogP contribution >= 0.6 is 23.4 Å². The van der Waals surface area contributed by atoms with Crippen LogP contribution in [0.5, 0.6) is 5.88 Å². The molecule has 2 aromatic heterocycles. The van der Waals surface area contributed by atoms with E-state index in [9.17, 15) is 0 Å². The fraction of sp³-hybridized carbons (Fsp3) is 0.571. The first kappa shape index (κ1) is 14.0. The first-order chi connectivity index (χ1) is 9.65. The van der Waals surface area contributed by atoms with Crippen molar-refractivity contribution in [1.82, 2.24) is 14.5 Å². The van der Waals surface area contributed by atoms with Crippen LogP contribution in [0.2, 0.25) is 0 Å². The summed E-state index contributed by atoms with van der Waals surface area (Å²) in [5, 5.41) is 0. The molecule has 2 aromatic rings. The molecule has 0 aromatic carbocycles. The Labute approximate surface area is 127 Å². The standard InChI is InChI=1S/C14H18ClN3OS/c1-14(6-3-7-20-14)9-18-11(8-15)16-10-4-5-12(19-2)17-13(10)18/h4-5H,3,6-9H2,1-2H3. The van der Waals surface area contributed by atoms with Gasteiger partial charge in [-0.25, -0.2) is 4.98 Å². The number of hydrogen-bond donors (Lipinski definition) is 0. The normalized spacial score (nSPS) is 22.6. The third kappa shape index (κ3) is 2.49. The zero-order valence-corrected chi connectivity index (χ0v) is 13.3. The Morgan fingerprint density at radius 2 is 2.30 bits per heavy atom. The van der Waals surface area contributed by atoms with Gasteiger partial charge in [0.15, 0.2) is 5.65 Å². The van der Waals surface area contributed by atoms with Crippen LogP contribution in [0.3, 0.4) is 0 Å². The lowest BCUT2D eigenvalue weighted by Gasteiger charge is -2.24. The van der Waals surface area contributed by atoms with Crippen LogP contribution in [-0.4, -0.2) is 32.1 Å². The van der Waals surface area contributed by atoms with Crippen molar-refractivity contribution >= 4 is 34.5 Å². The number of methoxy groups -OCH3 is 1. The summed E-state index contributed by atoms with van der Waals surface area (Å²) in [6.45, 7) is 3.21. The molecule has 0 saturated carbocycles. The molecule has 0 N–H and O–H groups in total. The van der Waals surface area contributed by atoms with Gasteiger partial charge in [-0.05, 0) is 31.6 Å². The van der Waals surface area contributed by atoms with E-state index in [-0.39, 0.29) is 4.75 Å². The minimum atomic E-state index is 0.249. The number of ether oxygens (including phenoxy) is 1. The highest BCUT2D eigenvalue weighted by molar-refractivity contribution is 8.00. The van der Waals surface area contributed by atoms with Crippen molar-refractivity contribution in [3.8, 4) is 5.88 Å². The topological polar surface area (TPSA) is 39.9 Å². The van der Waals surface area contributed by atoms with Gasteiger partial charge in [-0.3, -0.25) is 0 Å². The van der Waals surface area contributed by atoms with Crippen molar-refractivity contribution in [2.45, 2.75) is 36.9 Å². The Morgan fingerprint density at radius 3 is 2.95 bits per heavy atom. The number of halogens is 1. The molecule has 4 nitrogen and oxygen atoms in total. The van der Waals surface area contributed by atoms with Gasteiger partial charge >= 0.3 is 0 Å². The van der Waals surface area contributed by atoms with Crippen LogP contribution < -0.4 is 4.74 Å². The van der Waals surface area contributed by atoms with E-state index in [0.29, 0.717) is 11.8 Å². The zero-order valence-electron chi connectivity index (χ0n) is 11.7. The lowest BCUT2D eigenvalue weighted by atomic mass is 10.1. The molecule has 0 aliphatic carbocycles. The molecule has 1 atom stereocenters. The highest BCUT2D eigenvalue weighted by atomic mass is 35.5. The second-order valence-electron chi connectivity index (χ2n) is 5.35. The van der Waals surface area contributed by atoms with Gasteiger partial charge in [0, 0.05) is 17.4 Å². The van der Waals surface area contributed by atoms with Gasteiger partial charge in [-0.15, -0.1) is 11.6 Å². The van der Waals surface area contributed by atoms with E-state index >= 15 is 0 Å². The summed E-state index contributed by atoms with van der Waals surface area (Å²) in [5.41, 5.74) is 1.75.